The monoisotopic (exact) mass is 147 g/mol. The van der Waals surface area contributed by atoms with Crippen molar-refractivity contribution in [2.24, 2.45) is 0 Å². The molecule has 0 amide bonds. The predicted molar refractivity (Wildman–Crippen MR) is 43.3 cm³/mol. The van der Waals surface area contributed by atoms with Gasteiger partial charge < -0.3 is 4.90 Å². The van der Waals surface area contributed by atoms with Gasteiger partial charge in [0.25, 0.3) is 0 Å². The first-order valence-electron chi connectivity index (χ1n) is 3.28. The molecule has 11 heavy (non-hydrogen) atoms. The number of nitriles is 1. The molecule has 0 N–H and O–H groups in total. The van der Waals surface area contributed by atoms with Crippen LogP contribution in [0.5, 0.6) is 0 Å². The van der Waals surface area contributed by atoms with Gasteiger partial charge in [0, 0.05) is 20.3 Å². The van der Waals surface area contributed by atoms with Crippen LogP contribution in [0.25, 0.3) is 0 Å². The molecule has 1 aromatic heterocycles. The average Bonchev–Trinajstić information content (AvgIpc) is 2.04. The summed E-state index contributed by atoms with van der Waals surface area (Å²) in [6.45, 7) is 0. The molecular formula is C8H9N3. The predicted octanol–water partition coefficient (Wildman–Crippen LogP) is 1.02. The third-order valence-electron chi connectivity index (χ3n) is 1.37. The lowest BCUT2D eigenvalue weighted by Gasteiger charge is -2.11. The van der Waals surface area contributed by atoms with Crippen LogP contribution < -0.4 is 4.90 Å². The molecule has 0 saturated carbocycles. The zero-order chi connectivity index (χ0) is 8.27. The van der Waals surface area contributed by atoms with Crippen molar-refractivity contribution in [1.29, 1.82) is 5.26 Å². The highest BCUT2D eigenvalue weighted by atomic mass is 15.1. The largest absolute Gasteiger partial charge is 0.375 e. The van der Waals surface area contributed by atoms with Crippen LogP contribution in [-0.2, 0) is 0 Å². The molecule has 1 aromatic rings. The van der Waals surface area contributed by atoms with E-state index >= 15 is 0 Å². The highest BCUT2D eigenvalue weighted by molar-refractivity contribution is 5.54. The molecule has 0 radical (unpaired) electrons. The highest BCUT2D eigenvalue weighted by Gasteiger charge is 2.01. The molecule has 0 aliphatic rings. The molecule has 0 atom stereocenters. The zero-order valence-electron chi connectivity index (χ0n) is 6.57. The maximum atomic E-state index is 8.63. The summed E-state index contributed by atoms with van der Waals surface area (Å²) in [6.07, 6.45) is 1.62. The zero-order valence-corrected chi connectivity index (χ0v) is 6.57. The molecule has 56 valence electrons. The van der Waals surface area contributed by atoms with Gasteiger partial charge in [-0.15, -0.1) is 0 Å². The van der Waals surface area contributed by atoms with Crippen molar-refractivity contribution in [1.82, 2.24) is 4.98 Å². The van der Waals surface area contributed by atoms with Gasteiger partial charge in [-0.05, 0) is 12.1 Å². The average molecular weight is 147 g/mol. The second-order valence-corrected chi connectivity index (χ2v) is 2.38. The van der Waals surface area contributed by atoms with Crippen molar-refractivity contribution in [3.63, 3.8) is 0 Å². The standard InChI is InChI=1S/C8H9N3/c1-11(2)8-4-3-5-10-7(8)6-9/h3-5H,1-2H3. The molecule has 0 aliphatic carbocycles. The van der Waals surface area contributed by atoms with E-state index in [1.165, 1.54) is 0 Å². The van der Waals surface area contributed by atoms with Gasteiger partial charge >= 0.3 is 0 Å². The molecule has 0 unspecified atom stereocenters. The van der Waals surface area contributed by atoms with Gasteiger partial charge in [0.1, 0.15) is 6.07 Å². The molecule has 0 saturated heterocycles. The summed E-state index contributed by atoms with van der Waals surface area (Å²) >= 11 is 0. The Labute approximate surface area is 65.9 Å². The van der Waals surface area contributed by atoms with Crippen LogP contribution in [0, 0.1) is 11.3 Å². The van der Waals surface area contributed by atoms with E-state index in [0.717, 1.165) is 5.69 Å². The number of pyridine rings is 1. The number of hydrogen-bond donors (Lipinski definition) is 0. The SMILES string of the molecule is CN(C)c1cccnc1C#N. The summed E-state index contributed by atoms with van der Waals surface area (Å²) in [5.74, 6) is 0. The van der Waals surface area contributed by atoms with Crippen LogP contribution in [0.2, 0.25) is 0 Å². The number of aromatic nitrogens is 1. The van der Waals surface area contributed by atoms with Crippen molar-refractivity contribution < 1.29 is 0 Å². The van der Waals surface area contributed by atoms with Gasteiger partial charge in [0.05, 0.1) is 5.69 Å². The summed E-state index contributed by atoms with van der Waals surface area (Å²) in [6, 6.07) is 5.71. The third-order valence-corrected chi connectivity index (χ3v) is 1.37. The molecule has 0 bridgehead atoms. The second kappa shape index (κ2) is 3.02. The summed E-state index contributed by atoms with van der Waals surface area (Å²) < 4.78 is 0. The topological polar surface area (TPSA) is 39.9 Å². The van der Waals surface area contributed by atoms with E-state index in [0.29, 0.717) is 5.69 Å². The fraction of sp³-hybridized carbons (Fsp3) is 0.250. The van der Waals surface area contributed by atoms with Crippen LogP contribution in [0.1, 0.15) is 5.69 Å². The van der Waals surface area contributed by atoms with Gasteiger partial charge in [0.2, 0.25) is 0 Å². The molecule has 1 heterocycles. The first kappa shape index (κ1) is 7.55. The Morgan fingerprint density at radius 2 is 2.27 bits per heavy atom. The molecule has 3 heteroatoms. The second-order valence-electron chi connectivity index (χ2n) is 2.38. The van der Waals surface area contributed by atoms with E-state index in [-0.39, 0.29) is 0 Å². The van der Waals surface area contributed by atoms with Gasteiger partial charge in [0.15, 0.2) is 5.69 Å². The Morgan fingerprint density at radius 3 is 2.73 bits per heavy atom. The smallest absolute Gasteiger partial charge is 0.163 e. The molecule has 0 spiro atoms. The molecule has 0 aliphatic heterocycles. The van der Waals surface area contributed by atoms with E-state index in [1.54, 1.807) is 6.20 Å². The molecule has 1 rings (SSSR count). The number of hydrogen-bond acceptors (Lipinski definition) is 3. The van der Waals surface area contributed by atoms with Crippen molar-refractivity contribution in [2.75, 3.05) is 19.0 Å². The highest BCUT2D eigenvalue weighted by Crippen LogP contribution is 2.12. The summed E-state index contributed by atoms with van der Waals surface area (Å²) in [7, 11) is 3.77. The number of nitrogens with zero attached hydrogens (tertiary/aromatic N) is 3. The fourth-order valence-corrected chi connectivity index (χ4v) is 0.844. The lowest BCUT2D eigenvalue weighted by molar-refractivity contribution is 1.10. The van der Waals surface area contributed by atoms with Crippen molar-refractivity contribution in [3.05, 3.63) is 24.0 Å². The number of anilines is 1. The van der Waals surface area contributed by atoms with E-state index < -0.39 is 0 Å². The quantitative estimate of drug-likeness (QED) is 0.595. The third kappa shape index (κ3) is 1.47. The van der Waals surface area contributed by atoms with Gasteiger partial charge in [-0.25, -0.2) is 4.98 Å². The minimum Gasteiger partial charge on any atom is -0.375 e. The van der Waals surface area contributed by atoms with Crippen LogP contribution >= 0.6 is 0 Å². The lowest BCUT2D eigenvalue weighted by atomic mass is 10.3. The van der Waals surface area contributed by atoms with Crippen LogP contribution in [-0.4, -0.2) is 19.1 Å². The Hall–Kier alpha value is -1.56. The van der Waals surface area contributed by atoms with E-state index in [2.05, 4.69) is 4.98 Å². The number of rotatable bonds is 1. The minimum atomic E-state index is 0.470. The van der Waals surface area contributed by atoms with Crippen LogP contribution in [0.15, 0.2) is 18.3 Å². The Morgan fingerprint density at radius 1 is 1.55 bits per heavy atom. The van der Waals surface area contributed by atoms with Crippen LogP contribution in [0.4, 0.5) is 5.69 Å². The first-order valence-corrected chi connectivity index (χ1v) is 3.28. The van der Waals surface area contributed by atoms with Gasteiger partial charge in [-0.3, -0.25) is 0 Å². The van der Waals surface area contributed by atoms with E-state index in [9.17, 15) is 0 Å². The Balaban J connectivity index is 3.15. The molecule has 0 fully saturated rings. The Kier molecular flexibility index (Phi) is 2.07. The van der Waals surface area contributed by atoms with Crippen LogP contribution in [0.3, 0.4) is 0 Å². The van der Waals surface area contributed by atoms with Crippen molar-refractivity contribution >= 4 is 5.69 Å². The van der Waals surface area contributed by atoms with Crippen molar-refractivity contribution in [3.8, 4) is 6.07 Å². The summed E-state index contributed by atoms with van der Waals surface area (Å²) in [5, 5.41) is 8.63. The summed E-state index contributed by atoms with van der Waals surface area (Å²) in [5.41, 5.74) is 1.33. The molecule has 0 aromatic carbocycles. The summed E-state index contributed by atoms with van der Waals surface area (Å²) in [4.78, 5) is 5.78. The minimum absolute atomic E-state index is 0.470. The normalized spacial score (nSPS) is 8.82. The Bertz CT molecular complexity index is 286. The first-order chi connectivity index (χ1) is 5.25. The van der Waals surface area contributed by atoms with E-state index in [1.807, 2.05) is 37.2 Å². The lowest BCUT2D eigenvalue weighted by Crippen LogP contribution is -2.10. The maximum Gasteiger partial charge on any atom is 0.163 e. The molecular weight excluding hydrogens is 138 g/mol. The molecule has 3 nitrogen and oxygen atoms in total. The van der Waals surface area contributed by atoms with Crippen molar-refractivity contribution in [2.45, 2.75) is 0 Å². The van der Waals surface area contributed by atoms with Gasteiger partial charge in [-0.2, -0.15) is 5.26 Å². The maximum absolute atomic E-state index is 8.63. The van der Waals surface area contributed by atoms with E-state index in [4.69, 9.17) is 5.26 Å². The fourth-order valence-electron chi connectivity index (χ4n) is 0.844. The van der Waals surface area contributed by atoms with Gasteiger partial charge in [-0.1, -0.05) is 0 Å².